The molecule has 4 N–H and O–H groups in total. The summed E-state index contributed by atoms with van der Waals surface area (Å²) in [4.78, 5) is 16.3. The van der Waals surface area contributed by atoms with Crippen LogP contribution in [0.1, 0.15) is 66.5 Å². The van der Waals surface area contributed by atoms with Crippen molar-refractivity contribution >= 4 is 45.0 Å². The highest BCUT2D eigenvalue weighted by atomic mass is 32.3. The summed E-state index contributed by atoms with van der Waals surface area (Å²) in [6.07, 6.45) is 0.504. The number of hydrogen-bond acceptors (Lipinski definition) is 11. The van der Waals surface area contributed by atoms with Gasteiger partial charge in [0.2, 0.25) is 5.91 Å². The third-order valence-corrected chi connectivity index (χ3v) is 11.9. The maximum atomic E-state index is 13.9. The SMILES string of the molecule is CC[C@@H]1CN(Cc2cc([C@@H](c3ccc4c(nnn4CC)c3C)C(C)(C)C(=O)Nc3nn[nH]n3)sc2C)S(O)(O)c2ccccc2O1. The minimum Gasteiger partial charge on any atom is -0.487 e. The minimum absolute atomic E-state index is 0.0947. The first-order valence-electron chi connectivity index (χ1n) is 15.2. The third kappa shape index (κ3) is 5.66. The molecule has 0 aliphatic carbocycles. The van der Waals surface area contributed by atoms with Crippen LogP contribution in [0.5, 0.6) is 5.75 Å². The van der Waals surface area contributed by atoms with E-state index in [0.717, 1.165) is 37.5 Å². The highest BCUT2D eigenvalue weighted by Crippen LogP contribution is 2.58. The van der Waals surface area contributed by atoms with E-state index < -0.39 is 22.1 Å². The summed E-state index contributed by atoms with van der Waals surface area (Å²) >= 11 is 1.60. The molecule has 1 amide bonds. The molecule has 2 atom stereocenters. The van der Waals surface area contributed by atoms with E-state index in [1.54, 1.807) is 33.8 Å². The van der Waals surface area contributed by atoms with Gasteiger partial charge >= 0.3 is 0 Å². The number of thiophene rings is 1. The number of fused-ring (bicyclic) bond motifs is 2. The number of aromatic nitrogens is 7. The number of ether oxygens (including phenoxy) is 1. The molecule has 4 heterocycles. The zero-order valence-electron chi connectivity index (χ0n) is 26.7. The fourth-order valence-electron chi connectivity index (χ4n) is 6.10. The number of benzene rings is 2. The summed E-state index contributed by atoms with van der Waals surface area (Å²) in [6, 6.07) is 13.3. The summed E-state index contributed by atoms with van der Waals surface area (Å²) < 4.78 is 33.0. The normalized spacial score (nSPS) is 18.0. The number of nitrogens with zero attached hydrogens (tertiary/aromatic N) is 7. The highest BCUT2D eigenvalue weighted by molar-refractivity contribution is 8.22. The number of aryl methyl sites for hydroxylation is 3. The number of rotatable bonds is 9. The lowest BCUT2D eigenvalue weighted by Crippen LogP contribution is -2.37. The molecule has 1 aliphatic heterocycles. The van der Waals surface area contributed by atoms with Crippen LogP contribution in [-0.4, -0.2) is 67.6 Å². The number of nitrogens with one attached hydrogen (secondary N) is 2. The molecule has 2 aromatic carbocycles. The Balaban J connectivity index is 1.43. The molecule has 1 aliphatic rings. The Morgan fingerprint density at radius 1 is 1.20 bits per heavy atom. The predicted octanol–water partition coefficient (Wildman–Crippen LogP) is 6.14. The molecule has 15 heteroatoms. The van der Waals surface area contributed by atoms with Crippen LogP contribution in [-0.2, 0) is 17.9 Å². The van der Waals surface area contributed by atoms with Gasteiger partial charge in [-0.15, -0.1) is 32.3 Å². The van der Waals surface area contributed by atoms with Crippen LogP contribution in [0, 0.1) is 19.3 Å². The van der Waals surface area contributed by atoms with Crippen LogP contribution in [0.25, 0.3) is 11.0 Å². The fraction of sp³-hybridized carbons (Fsp3) is 0.419. The number of anilines is 1. The van der Waals surface area contributed by atoms with Crippen molar-refractivity contribution < 1.29 is 18.6 Å². The largest absolute Gasteiger partial charge is 0.487 e. The van der Waals surface area contributed by atoms with E-state index in [1.807, 2.05) is 58.4 Å². The Bertz CT molecular complexity index is 1870. The maximum Gasteiger partial charge on any atom is 0.269 e. The Hall–Kier alpha value is -3.89. The third-order valence-electron chi connectivity index (χ3n) is 8.80. The van der Waals surface area contributed by atoms with Crippen LogP contribution < -0.4 is 10.1 Å². The molecule has 46 heavy (non-hydrogen) atoms. The standard InChI is InChI=1S/C31H39N9O4S2/c1-7-21-17-39(46(42,43)26-12-10-9-11-24(26)44-21)16-20-15-25(45-19(20)4)27(31(5,6)29(41)32-30-34-36-37-35-30)22-13-14-23-28(18(22)3)33-38-40(23)8-2/h9-15,21,27,42-43H,7-8,16-17H2,1-6H3,(H2,32,34,35,36,37,41)/t21-,27-/m1/s1. The van der Waals surface area contributed by atoms with Gasteiger partial charge in [0.1, 0.15) is 22.3 Å². The van der Waals surface area contributed by atoms with E-state index in [0.29, 0.717) is 36.7 Å². The number of para-hydroxylation sites is 1. The van der Waals surface area contributed by atoms with Gasteiger partial charge in [-0.1, -0.05) is 49.3 Å². The number of carbonyl (C=O) groups is 1. The topological polar surface area (TPSA) is 167 Å². The minimum atomic E-state index is -3.33. The lowest BCUT2D eigenvalue weighted by Gasteiger charge is -2.41. The van der Waals surface area contributed by atoms with E-state index in [9.17, 15) is 13.9 Å². The number of tetrazole rings is 1. The van der Waals surface area contributed by atoms with Gasteiger partial charge in [0.25, 0.3) is 5.95 Å². The van der Waals surface area contributed by atoms with Crippen molar-refractivity contribution in [3.8, 4) is 5.75 Å². The molecular weight excluding hydrogens is 627 g/mol. The maximum absolute atomic E-state index is 13.9. The van der Waals surface area contributed by atoms with Crippen molar-refractivity contribution in [3.05, 3.63) is 68.9 Å². The first kappa shape index (κ1) is 32.1. The second-order valence-electron chi connectivity index (χ2n) is 12.1. The Morgan fingerprint density at radius 3 is 2.70 bits per heavy atom. The van der Waals surface area contributed by atoms with E-state index in [-0.39, 0.29) is 18.0 Å². The van der Waals surface area contributed by atoms with Crippen LogP contribution in [0.4, 0.5) is 5.95 Å². The smallest absolute Gasteiger partial charge is 0.269 e. The molecule has 0 saturated heterocycles. The van der Waals surface area contributed by atoms with Gasteiger partial charge in [-0.3, -0.25) is 19.2 Å². The fourth-order valence-corrected chi connectivity index (χ4v) is 9.06. The lowest BCUT2D eigenvalue weighted by atomic mass is 9.72. The van der Waals surface area contributed by atoms with Crippen molar-refractivity contribution in [2.45, 2.75) is 78.0 Å². The molecule has 0 spiro atoms. The van der Waals surface area contributed by atoms with Crippen molar-refractivity contribution in [1.29, 1.82) is 0 Å². The number of amides is 1. The van der Waals surface area contributed by atoms with Gasteiger partial charge in [0, 0.05) is 28.8 Å². The van der Waals surface area contributed by atoms with Crippen LogP contribution in [0.15, 0.2) is 47.4 Å². The monoisotopic (exact) mass is 665 g/mol. The molecule has 13 nitrogen and oxygen atoms in total. The average Bonchev–Trinajstić information content (AvgIpc) is 3.77. The summed E-state index contributed by atoms with van der Waals surface area (Å²) in [5, 5.41) is 25.4. The molecule has 0 unspecified atom stereocenters. The van der Waals surface area contributed by atoms with Crippen molar-refractivity contribution in [1.82, 2.24) is 39.9 Å². The van der Waals surface area contributed by atoms with E-state index in [1.165, 1.54) is 0 Å². The number of hydrogen-bond donors (Lipinski definition) is 4. The first-order valence-corrected chi connectivity index (χ1v) is 17.5. The molecule has 3 aromatic heterocycles. The summed E-state index contributed by atoms with van der Waals surface area (Å²) in [7, 11) is -3.33. The van der Waals surface area contributed by atoms with Gasteiger partial charge in [-0.25, -0.2) is 4.68 Å². The lowest BCUT2D eigenvalue weighted by molar-refractivity contribution is -0.124. The molecule has 0 saturated carbocycles. The quantitative estimate of drug-likeness (QED) is 0.144. The van der Waals surface area contributed by atoms with E-state index in [4.69, 9.17) is 4.74 Å². The van der Waals surface area contributed by atoms with Crippen molar-refractivity contribution in [2.24, 2.45) is 5.41 Å². The van der Waals surface area contributed by atoms with E-state index in [2.05, 4.69) is 48.4 Å². The van der Waals surface area contributed by atoms with Crippen molar-refractivity contribution in [2.75, 3.05) is 11.9 Å². The second kappa shape index (κ2) is 12.4. The van der Waals surface area contributed by atoms with Crippen LogP contribution in [0.3, 0.4) is 0 Å². The zero-order chi connectivity index (χ0) is 32.8. The van der Waals surface area contributed by atoms with E-state index >= 15 is 0 Å². The molecule has 0 fully saturated rings. The van der Waals surface area contributed by atoms with Gasteiger partial charge in [-0.2, -0.15) is 9.52 Å². The highest BCUT2D eigenvalue weighted by Gasteiger charge is 2.42. The summed E-state index contributed by atoms with van der Waals surface area (Å²) in [5.74, 6) is -0.0772. The number of H-pyrrole nitrogens is 1. The Kier molecular flexibility index (Phi) is 8.63. The molecule has 0 radical (unpaired) electrons. The summed E-state index contributed by atoms with van der Waals surface area (Å²) in [5.41, 5.74) is 3.57. The zero-order valence-corrected chi connectivity index (χ0v) is 28.3. The van der Waals surface area contributed by atoms with Gasteiger partial charge in [0.15, 0.2) is 0 Å². The van der Waals surface area contributed by atoms with Gasteiger partial charge < -0.3 is 4.74 Å². The molecule has 244 valence electrons. The van der Waals surface area contributed by atoms with Crippen LogP contribution >= 0.6 is 22.1 Å². The predicted molar refractivity (Wildman–Crippen MR) is 178 cm³/mol. The Morgan fingerprint density at radius 2 is 1.98 bits per heavy atom. The second-order valence-corrected chi connectivity index (χ2v) is 15.3. The molecule has 5 aromatic rings. The number of carbonyl (C=O) groups excluding carboxylic acids is 1. The summed E-state index contributed by atoms with van der Waals surface area (Å²) in [6.45, 7) is 13.2. The molecular formula is C31H39N9O4S2. The van der Waals surface area contributed by atoms with Gasteiger partial charge in [-0.05, 0) is 73.4 Å². The van der Waals surface area contributed by atoms with Crippen molar-refractivity contribution in [3.63, 3.8) is 0 Å². The molecule has 6 rings (SSSR count). The van der Waals surface area contributed by atoms with Gasteiger partial charge in [0.05, 0.1) is 17.5 Å². The molecule has 0 bridgehead atoms. The number of aromatic amines is 1. The van der Waals surface area contributed by atoms with Crippen LogP contribution in [0.2, 0.25) is 0 Å². The average molecular weight is 666 g/mol. The Labute approximate surface area is 272 Å². The first-order chi connectivity index (χ1) is 21.9.